The Morgan fingerprint density at radius 2 is 1.74 bits per heavy atom. The van der Waals surface area contributed by atoms with Crippen molar-refractivity contribution < 1.29 is 18.9 Å². The summed E-state index contributed by atoms with van der Waals surface area (Å²) in [7, 11) is 1.90. The Kier molecular flexibility index (Phi) is 11.1. The number of aromatic nitrogens is 1. The lowest BCUT2D eigenvalue weighted by atomic mass is 9.92. The quantitative estimate of drug-likeness (QED) is 0.256. The van der Waals surface area contributed by atoms with Crippen LogP contribution in [0.3, 0.4) is 0 Å². The molecule has 1 aliphatic carbocycles. The first-order valence-corrected chi connectivity index (χ1v) is 13.5. The maximum Gasteiger partial charge on any atom is 0.306 e. The van der Waals surface area contributed by atoms with Crippen molar-refractivity contribution in [2.45, 2.75) is 57.1 Å². The Bertz CT molecular complexity index is 941. The van der Waals surface area contributed by atoms with Crippen molar-refractivity contribution in [3.8, 4) is 0 Å². The minimum absolute atomic E-state index is 0.0551. The highest BCUT2D eigenvalue weighted by atomic mass is 35.5. The fraction of sp³-hybridized carbons (Fsp3) is 0.519. The summed E-state index contributed by atoms with van der Waals surface area (Å²) in [6.07, 6.45) is 8.85. The number of nitrogens with zero attached hydrogens (tertiary/aromatic N) is 2. The van der Waals surface area contributed by atoms with Gasteiger partial charge in [0.2, 0.25) is 0 Å². The third-order valence-electron chi connectivity index (χ3n) is 6.37. The van der Waals surface area contributed by atoms with Gasteiger partial charge in [-0.1, -0.05) is 12.1 Å². The van der Waals surface area contributed by atoms with Crippen LogP contribution in [0.15, 0.2) is 48.8 Å². The van der Waals surface area contributed by atoms with Crippen molar-refractivity contribution in [2.24, 2.45) is 7.05 Å². The van der Waals surface area contributed by atoms with E-state index in [2.05, 4.69) is 34.5 Å². The molecule has 1 aliphatic rings. The molecular formula is C27H36Cl2N3O3+. The van der Waals surface area contributed by atoms with E-state index in [0.29, 0.717) is 23.7 Å². The Morgan fingerprint density at radius 1 is 1.06 bits per heavy atom. The fourth-order valence-corrected chi connectivity index (χ4v) is 4.85. The van der Waals surface area contributed by atoms with Gasteiger partial charge in [0.05, 0.1) is 0 Å². The highest BCUT2D eigenvalue weighted by Crippen LogP contribution is 2.23. The van der Waals surface area contributed by atoms with Crippen LogP contribution in [-0.4, -0.2) is 48.9 Å². The Morgan fingerprint density at radius 3 is 2.37 bits per heavy atom. The summed E-state index contributed by atoms with van der Waals surface area (Å²) in [6, 6.07) is 12.2. The number of nitrogens with one attached hydrogen (secondary N) is 1. The number of carbonyl (C=O) groups excluding carboxylic acids is 2. The lowest BCUT2D eigenvalue weighted by Gasteiger charge is -2.28. The molecule has 1 fully saturated rings. The minimum Gasteiger partial charge on any atom is -0.462 e. The zero-order valence-electron chi connectivity index (χ0n) is 20.4. The number of carbonyl (C=O) groups is 2. The van der Waals surface area contributed by atoms with Crippen LogP contribution in [-0.2, 0) is 23.0 Å². The highest BCUT2D eigenvalue weighted by Gasteiger charge is 2.25. The molecule has 0 unspecified atom stereocenters. The van der Waals surface area contributed by atoms with E-state index in [-0.39, 0.29) is 24.0 Å². The van der Waals surface area contributed by atoms with Gasteiger partial charge in [0.15, 0.2) is 12.4 Å². The Hall–Kier alpha value is -2.31. The normalized spacial score (nSPS) is 17.6. The molecule has 0 aliphatic heterocycles. The van der Waals surface area contributed by atoms with Crippen molar-refractivity contribution in [1.29, 1.82) is 0 Å². The fourth-order valence-electron chi connectivity index (χ4n) is 4.45. The molecule has 1 aromatic carbocycles. The van der Waals surface area contributed by atoms with E-state index < -0.39 is 0 Å². The number of benzene rings is 1. The molecule has 190 valence electrons. The standard InChI is InChI=1S/C27H35Cl2N3O3/c1-31-17-3-5-22(20-31)27(34)30-23-9-13-25(14-10-23)35-26(33)6-2-4-21-7-11-24(12-8-21)32(18-15-28)19-16-29/h3,5,7-8,11-12,17,20,23,25H,2,4,6,9-10,13-16,18-19H2,1H3/p+1. The third-order valence-corrected chi connectivity index (χ3v) is 6.70. The first-order valence-electron chi connectivity index (χ1n) is 12.4. The zero-order chi connectivity index (χ0) is 25.0. The molecule has 2 aromatic rings. The van der Waals surface area contributed by atoms with Crippen LogP contribution < -0.4 is 14.8 Å². The number of rotatable bonds is 12. The Balaban J connectivity index is 1.34. The van der Waals surface area contributed by atoms with E-state index in [1.165, 1.54) is 5.56 Å². The molecular weight excluding hydrogens is 485 g/mol. The Labute approximate surface area is 218 Å². The van der Waals surface area contributed by atoms with Gasteiger partial charge in [0, 0.05) is 49.1 Å². The average Bonchev–Trinajstić information content (AvgIpc) is 2.85. The molecule has 1 amide bonds. The number of pyridine rings is 1. The van der Waals surface area contributed by atoms with Gasteiger partial charge in [0.1, 0.15) is 18.7 Å². The molecule has 3 rings (SSSR count). The average molecular weight is 522 g/mol. The number of alkyl halides is 2. The maximum atomic E-state index is 12.4. The van der Waals surface area contributed by atoms with Crippen molar-refractivity contribution in [3.63, 3.8) is 0 Å². The molecule has 1 aromatic heterocycles. The van der Waals surface area contributed by atoms with Crippen LogP contribution >= 0.6 is 23.2 Å². The topological polar surface area (TPSA) is 62.5 Å². The summed E-state index contributed by atoms with van der Waals surface area (Å²) in [5.41, 5.74) is 2.96. The predicted molar refractivity (Wildman–Crippen MR) is 140 cm³/mol. The number of aryl methyl sites for hydroxylation is 2. The number of hydrogen-bond acceptors (Lipinski definition) is 4. The van der Waals surface area contributed by atoms with Crippen molar-refractivity contribution in [3.05, 3.63) is 59.9 Å². The van der Waals surface area contributed by atoms with Crippen molar-refractivity contribution >= 4 is 40.8 Å². The lowest BCUT2D eigenvalue weighted by molar-refractivity contribution is -0.671. The summed E-state index contributed by atoms with van der Waals surface area (Å²) < 4.78 is 7.56. The van der Waals surface area contributed by atoms with Crippen molar-refractivity contribution in [2.75, 3.05) is 29.7 Å². The third kappa shape index (κ3) is 9.01. The molecule has 1 saturated carbocycles. The van der Waals surface area contributed by atoms with E-state index in [4.69, 9.17) is 27.9 Å². The zero-order valence-corrected chi connectivity index (χ0v) is 21.9. The molecule has 0 spiro atoms. The number of anilines is 1. The van der Waals surface area contributed by atoms with Crippen LogP contribution in [0.4, 0.5) is 5.69 Å². The summed E-state index contributed by atoms with van der Waals surface area (Å²) in [5.74, 6) is 0.926. The van der Waals surface area contributed by atoms with Gasteiger partial charge in [-0.25, -0.2) is 4.57 Å². The molecule has 35 heavy (non-hydrogen) atoms. The summed E-state index contributed by atoms with van der Waals surface area (Å²) >= 11 is 11.8. The lowest BCUT2D eigenvalue weighted by Crippen LogP contribution is -2.40. The number of amides is 1. The highest BCUT2D eigenvalue weighted by molar-refractivity contribution is 6.18. The summed E-state index contributed by atoms with van der Waals surface area (Å²) in [5, 5.41) is 3.10. The van der Waals surface area contributed by atoms with Gasteiger partial charge in [0.25, 0.3) is 5.91 Å². The SMILES string of the molecule is C[n+]1cccc(C(=O)NC2CCC(OC(=O)CCCc3ccc(N(CCCl)CCCl)cc3)CC2)c1. The van der Waals surface area contributed by atoms with Gasteiger partial charge < -0.3 is 15.0 Å². The molecule has 0 bridgehead atoms. The van der Waals surface area contributed by atoms with Crippen LogP contribution in [0.1, 0.15) is 54.4 Å². The van der Waals surface area contributed by atoms with E-state index in [9.17, 15) is 9.59 Å². The van der Waals surface area contributed by atoms with E-state index in [0.717, 1.165) is 57.3 Å². The van der Waals surface area contributed by atoms with Gasteiger partial charge in [-0.3, -0.25) is 9.59 Å². The minimum atomic E-state index is -0.138. The molecule has 6 nitrogen and oxygen atoms in total. The van der Waals surface area contributed by atoms with Gasteiger partial charge in [-0.2, -0.15) is 0 Å². The largest absolute Gasteiger partial charge is 0.462 e. The number of hydrogen-bond donors (Lipinski definition) is 1. The van der Waals surface area contributed by atoms with E-state index >= 15 is 0 Å². The molecule has 1 N–H and O–H groups in total. The summed E-state index contributed by atoms with van der Waals surface area (Å²) in [6.45, 7) is 1.53. The molecule has 0 saturated heterocycles. The monoisotopic (exact) mass is 520 g/mol. The van der Waals surface area contributed by atoms with Crippen LogP contribution in [0.5, 0.6) is 0 Å². The van der Waals surface area contributed by atoms with Gasteiger partial charge >= 0.3 is 5.97 Å². The second-order valence-electron chi connectivity index (χ2n) is 9.08. The van der Waals surface area contributed by atoms with Gasteiger partial charge in [-0.15, -0.1) is 23.2 Å². The van der Waals surface area contributed by atoms with E-state index in [1.807, 2.05) is 36.1 Å². The molecule has 1 heterocycles. The molecule has 0 radical (unpaired) electrons. The number of halogens is 2. The number of ether oxygens (including phenoxy) is 1. The predicted octanol–water partition coefficient (Wildman–Crippen LogP) is 4.40. The first-order chi connectivity index (χ1) is 17.0. The van der Waals surface area contributed by atoms with Crippen molar-refractivity contribution in [1.82, 2.24) is 5.32 Å². The summed E-state index contributed by atoms with van der Waals surface area (Å²) in [4.78, 5) is 27.0. The van der Waals surface area contributed by atoms with Crippen LogP contribution in [0.2, 0.25) is 0 Å². The second kappa shape index (κ2) is 14.3. The first kappa shape index (κ1) is 27.3. The van der Waals surface area contributed by atoms with Gasteiger partial charge in [-0.05, 0) is 62.3 Å². The molecule has 0 atom stereocenters. The number of esters is 1. The van der Waals surface area contributed by atoms with Crippen LogP contribution in [0, 0.1) is 0 Å². The maximum absolute atomic E-state index is 12.4. The van der Waals surface area contributed by atoms with E-state index in [1.54, 1.807) is 0 Å². The molecule has 8 heteroatoms. The smallest absolute Gasteiger partial charge is 0.306 e. The second-order valence-corrected chi connectivity index (χ2v) is 9.84. The van der Waals surface area contributed by atoms with Crippen LogP contribution in [0.25, 0.3) is 0 Å².